The van der Waals surface area contributed by atoms with Crippen LogP contribution in [0, 0.1) is 23.7 Å². The highest BCUT2D eigenvalue weighted by Crippen LogP contribution is 2.29. The summed E-state index contributed by atoms with van der Waals surface area (Å²) in [5.41, 5.74) is 1.00. The third kappa shape index (κ3) is 5.92. The number of fused-ring (bicyclic) bond motifs is 1. The number of pyridine rings is 1. The lowest BCUT2D eigenvalue weighted by atomic mass is 10.00. The van der Waals surface area contributed by atoms with E-state index >= 15 is 0 Å². The van der Waals surface area contributed by atoms with Crippen molar-refractivity contribution in [3.63, 3.8) is 0 Å². The molecule has 2 N–H and O–H groups in total. The van der Waals surface area contributed by atoms with E-state index in [-0.39, 0.29) is 48.5 Å². The van der Waals surface area contributed by atoms with Crippen LogP contribution in [0.4, 0.5) is 4.79 Å². The van der Waals surface area contributed by atoms with Gasteiger partial charge in [-0.05, 0) is 39.7 Å². The molecule has 0 bridgehead atoms. The summed E-state index contributed by atoms with van der Waals surface area (Å²) in [6.07, 6.45) is 3.48. The summed E-state index contributed by atoms with van der Waals surface area (Å²) in [7, 11) is 1.72. The molecule has 0 saturated heterocycles. The number of aromatic nitrogens is 1. The molecule has 8 heteroatoms. The Morgan fingerprint density at radius 3 is 2.75 bits per heavy atom. The van der Waals surface area contributed by atoms with E-state index in [2.05, 4.69) is 22.1 Å². The van der Waals surface area contributed by atoms with E-state index < -0.39 is 0 Å². The molecule has 1 aliphatic heterocycles. The molecule has 0 unspecified atom stereocenters. The summed E-state index contributed by atoms with van der Waals surface area (Å²) < 4.78 is 6.21. The number of ether oxygens (including phenoxy) is 1. The number of carbonyl (C=O) groups excluding carboxylic acids is 2. The minimum atomic E-state index is -0.381. The fourth-order valence-electron chi connectivity index (χ4n) is 3.51. The highest BCUT2D eigenvalue weighted by Gasteiger charge is 2.34. The number of nitrogens with one attached hydrogen (secondary N) is 1. The van der Waals surface area contributed by atoms with Gasteiger partial charge in [0, 0.05) is 43.2 Å². The standard InChI is InChI=1S/C24H34N4O4/c1-15(2)26-24(31)27(5)13-21-16(3)12-28(17(4)14-29)23(30)20-10-19(9-8-18-6-7-18)11-25-22(20)32-21/h10-11,15-18,21,29H,6-7,12-14H2,1-5H3,(H,26,31)/t16-,17+,21+/m0/s1. The van der Waals surface area contributed by atoms with Crippen molar-refractivity contribution in [2.24, 2.45) is 11.8 Å². The molecule has 3 amide bonds. The number of aliphatic hydroxyl groups is 1. The first-order valence-corrected chi connectivity index (χ1v) is 11.3. The number of hydrogen-bond acceptors (Lipinski definition) is 5. The molecule has 1 aromatic rings. The molecular formula is C24H34N4O4. The number of aliphatic hydroxyl groups excluding tert-OH is 1. The number of carbonyl (C=O) groups is 2. The van der Waals surface area contributed by atoms with Crippen LogP contribution < -0.4 is 10.1 Å². The van der Waals surface area contributed by atoms with E-state index in [0.717, 1.165) is 12.8 Å². The number of likely N-dealkylation sites (N-methyl/N-ethyl adjacent to an activating group) is 1. The van der Waals surface area contributed by atoms with Crippen molar-refractivity contribution in [1.29, 1.82) is 0 Å². The fraction of sp³-hybridized carbons (Fsp3) is 0.625. The number of amides is 3. The van der Waals surface area contributed by atoms with Crippen molar-refractivity contribution in [2.75, 3.05) is 26.7 Å². The number of rotatable bonds is 5. The SMILES string of the molecule is CC(C)NC(=O)N(C)C[C@H]1Oc2ncc(C#CC3CC3)cc2C(=O)N([C@H](C)CO)C[C@@H]1C. The highest BCUT2D eigenvalue weighted by molar-refractivity contribution is 5.97. The third-order valence-corrected chi connectivity index (χ3v) is 5.73. The first-order valence-electron chi connectivity index (χ1n) is 11.3. The number of urea groups is 1. The van der Waals surface area contributed by atoms with Crippen LogP contribution in [-0.2, 0) is 0 Å². The van der Waals surface area contributed by atoms with Gasteiger partial charge in [-0.1, -0.05) is 18.8 Å². The molecule has 174 valence electrons. The molecule has 2 heterocycles. The molecular weight excluding hydrogens is 408 g/mol. The van der Waals surface area contributed by atoms with Crippen LogP contribution in [0.25, 0.3) is 0 Å². The topological polar surface area (TPSA) is 95.0 Å². The Kier molecular flexibility index (Phi) is 7.62. The Hall–Kier alpha value is -2.79. The minimum absolute atomic E-state index is 0.0247. The second-order valence-electron chi connectivity index (χ2n) is 9.23. The lowest BCUT2D eigenvalue weighted by molar-refractivity contribution is 0.0351. The Labute approximate surface area is 190 Å². The molecule has 1 aromatic heterocycles. The van der Waals surface area contributed by atoms with Crippen LogP contribution in [0.1, 0.15) is 56.5 Å². The summed E-state index contributed by atoms with van der Waals surface area (Å²) in [6, 6.07) is 1.20. The lowest BCUT2D eigenvalue weighted by Gasteiger charge is -2.37. The maximum absolute atomic E-state index is 13.4. The largest absolute Gasteiger partial charge is 0.472 e. The molecule has 32 heavy (non-hydrogen) atoms. The fourth-order valence-corrected chi connectivity index (χ4v) is 3.51. The number of nitrogens with zero attached hydrogens (tertiary/aromatic N) is 3. The quantitative estimate of drug-likeness (QED) is 0.681. The monoisotopic (exact) mass is 442 g/mol. The first-order chi connectivity index (χ1) is 15.2. The third-order valence-electron chi connectivity index (χ3n) is 5.73. The van der Waals surface area contributed by atoms with Crippen molar-refractivity contribution < 1.29 is 19.4 Å². The summed E-state index contributed by atoms with van der Waals surface area (Å²) in [4.78, 5) is 33.4. The van der Waals surface area contributed by atoms with Gasteiger partial charge in [0.2, 0.25) is 5.88 Å². The van der Waals surface area contributed by atoms with Gasteiger partial charge in [-0.3, -0.25) is 4.79 Å². The zero-order valence-electron chi connectivity index (χ0n) is 19.6. The van der Waals surface area contributed by atoms with E-state index in [1.807, 2.05) is 27.7 Å². The van der Waals surface area contributed by atoms with Crippen LogP contribution in [0.3, 0.4) is 0 Å². The smallest absolute Gasteiger partial charge is 0.317 e. The van der Waals surface area contributed by atoms with Gasteiger partial charge in [0.05, 0.1) is 19.2 Å². The molecule has 1 aliphatic carbocycles. The van der Waals surface area contributed by atoms with Crippen molar-refractivity contribution in [3.8, 4) is 17.7 Å². The molecule has 1 saturated carbocycles. The Balaban J connectivity index is 1.91. The predicted octanol–water partition coefficient (Wildman–Crippen LogP) is 2.11. The van der Waals surface area contributed by atoms with Crippen LogP contribution >= 0.6 is 0 Å². The van der Waals surface area contributed by atoms with Gasteiger partial charge in [-0.25, -0.2) is 9.78 Å². The van der Waals surface area contributed by atoms with E-state index in [9.17, 15) is 14.7 Å². The summed E-state index contributed by atoms with van der Waals surface area (Å²) >= 11 is 0. The predicted molar refractivity (Wildman–Crippen MR) is 121 cm³/mol. The highest BCUT2D eigenvalue weighted by atomic mass is 16.5. The Morgan fingerprint density at radius 1 is 1.41 bits per heavy atom. The number of hydrogen-bond donors (Lipinski definition) is 2. The van der Waals surface area contributed by atoms with E-state index in [0.29, 0.717) is 30.1 Å². The van der Waals surface area contributed by atoms with Crippen molar-refractivity contribution >= 4 is 11.9 Å². The zero-order valence-corrected chi connectivity index (χ0v) is 19.6. The van der Waals surface area contributed by atoms with Crippen LogP contribution in [-0.4, -0.2) is 76.8 Å². The molecule has 2 aliphatic rings. The Morgan fingerprint density at radius 2 is 2.12 bits per heavy atom. The van der Waals surface area contributed by atoms with Crippen molar-refractivity contribution in [2.45, 2.75) is 58.7 Å². The van der Waals surface area contributed by atoms with E-state index in [1.165, 1.54) is 0 Å². The minimum Gasteiger partial charge on any atom is -0.472 e. The van der Waals surface area contributed by atoms with Crippen LogP contribution in [0.5, 0.6) is 5.88 Å². The molecule has 3 atom stereocenters. The lowest BCUT2D eigenvalue weighted by Crippen LogP contribution is -2.51. The molecule has 0 radical (unpaired) electrons. The van der Waals surface area contributed by atoms with E-state index in [4.69, 9.17) is 4.74 Å². The van der Waals surface area contributed by atoms with Gasteiger partial charge in [0.25, 0.3) is 5.91 Å². The summed E-state index contributed by atoms with van der Waals surface area (Å²) in [6.45, 7) is 8.18. The van der Waals surface area contributed by atoms with Crippen molar-refractivity contribution in [3.05, 3.63) is 23.4 Å². The summed E-state index contributed by atoms with van der Waals surface area (Å²) in [5, 5.41) is 12.6. The van der Waals surface area contributed by atoms with Crippen molar-refractivity contribution in [1.82, 2.24) is 20.1 Å². The van der Waals surface area contributed by atoms with Gasteiger partial charge in [0.1, 0.15) is 11.7 Å². The molecule has 0 aromatic carbocycles. The Bertz CT molecular complexity index is 903. The molecule has 1 fully saturated rings. The van der Waals surface area contributed by atoms with Crippen LogP contribution in [0.15, 0.2) is 12.3 Å². The van der Waals surface area contributed by atoms with Gasteiger partial charge in [-0.2, -0.15) is 0 Å². The normalized spacial score (nSPS) is 21.5. The second-order valence-corrected chi connectivity index (χ2v) is 9.23. The second kappa shape index (κ2) is 10.2. The first kappa shape index (κ1) is 23.9. The van der Waals surface area contributed by atoms with Gasteiger partial charge in [-0.15, -0.1) is 0 Å². The average Bonchev–Trinajstić information content (AvgIpc) is 3.58. The van der Waals surface area contributed by atoms with Gasteiger partial charge in [0.15, 0.2) is 0 Å². The zero-order chi connectivity index (χ0) is 23.4. The van der Waals surface area contributed by atoms with Gasteiger partial charge >= 0.3 is 6.03 Å². The molecule has 3 rings (SSSR count). The molecule has 0 spiro atoms. The molecule has 8 nitrogen and oxygen atoms in total. The van der Waals surface area contributed by atoms with Crippen LogP contribution in [0.2, 0.25) is 0 Å². The summed E-state index contributed by atoms with van der Waals surface area (Å²) in [5.74, 6) is 6.64. The maximum atomic E-state index is 13.4. The van der Waals surface area contributed by atoms with E-state index in [1.54, 1.807) is 29.1 Å². The maximum Gasteiger partial charge on any atom is 0.317 e. The van der Waals surface area contributed by atoms with Gasteiger partial charge < -0.3 is 25.0 Å². The average molecular weight is 443 g/mol.